The van der Waals surface area contributed by atoms with E-state index in [0.717, 1.165) is 48.6 Å². The lowest BCUT2D eigenvalue weighted by Gasteiger charge is -2.28. The van der Waals surface area contributed by atoms with Crippen LogP contribution in [0.2, 0.25) is 0 Å². The number of hydrogen-bond acceptors (Lipinski definition) is 7. The summed E-state index contributed by atoms with van der Waals surface area (Å²) in [5.74, 6) is 1.35. The standard InChI is InChI=1S/C31H38N6O3/c1-24(38)37-18-8-17-35(31-32-13-7-14-33-31)19-20-36(23-26-9-3-4-10-28(26)37)30(39)25-11-12-29(40-2)27(21-25)22-34-15-5-6-16-34/h3-4,7,9-14,21H,5-6,8,15-20,22-23H2,1-2H3. The highest BCUT2D eigenvalue weighted by Crippen LogP contribution is 2.27. The topological polar surface area (TPSA) is 82.1 Å². The second kappa shape index (κ2) is 12.9. The van der Waals surface area contributed by atoms with Gasteiger partial charge in [-0.3, -0.25) is 14.5 Å². The fraction of sp³-hybridized carbons (Fsp3) is 0.419. The number of aromatic nitrogens is 2. The van der Waals surface area contributed by atoms with Gasteiger partial charge in [0.15, 0.2) is 0 Å². The van der Waals surface area contributed by atoms with E-state index in [0.29, 0.717) is 44.2 Å². The molecule has 210 valence electrons. The van der Waals surface area contributed by atoms with E-state index < -0.39 is 0 Å². The third kappa shape index (κ3) is 6.42. The number of hydrogen-bond donors (Lipinski definition) is 0. The minimum atomic E-state index is -0.0531. The number of benzene rings is 2. The molecule has 9 nitrogen and oxygen atoms in total. The molecule has 0 atom stereocenters. The molecule has 0 bridgehead atoms. The van der Waals surface area contributed by atoms with E-state index in [1.165, 1.54) is 12.8 Å². The molecule has 40 heavy (non-hydrogen) atoms. The SMILES string of the molecule is COc1ccc(C(=O)N2CCN(c3ncccn3)CCCN(C(C)=O)c3ccccc3C2)cc1CN1CCCC1. The maximum absolute atomic E-state index is 14.1. The van der Waals surface area contributed by atoms with Crippen molar-refractivity contribution in [3.8, 4) is 5.75 Å². The van der Waals surface area contributed by atoms with Gasteiger partial charge in [0.05, 0.1) is 7.11 Å². The molecule has 9 heteroatoms. The van der Waals surface area contributed by atoms with Crippen LogP contribution in [0.1, 0.15) is 47.7 Å². The molecule has 0 spiro atoms. The van der Waals surface area contributed by atoms with Crippen LogP contribution in [0.3, 0.4) is 0 Å². The molecule has 0 aliphatic carbocycles. The summed E-state index contributed by atoms with van der Waals surface area (Å²) < 4.78 is 5.65. The van der Waals surface area contributed by atoms with E-state index in [-0.39, 0.29) is 11.8 Å². The van der Waals surface area contributed by atoms with E-state index in [1.807, 2.05) is 52.3 Å². The fourth-order valence-corrected chi connectivity index (χ4v) is 5.64. The Bertz CT molecular complexity index is 1310. The number of carbonyl (C=O) groups is 2. The maximum Gasteiger partial charge on any atom is 0.254 e. The van der Waals surface area contributed by atoms with Crippen LogP contribution < -0.4 is 14.5 Å². The molecule has 0 radical (unpaired) electrons. The fourth-order valence-electron chi connectivity index (χ4n) is 5.64. The largest absolute Gasteiger partial charge is 0.496 e. The summed E-state index contributed by atoms with van der Waals surface area (Å²) in [6.45, 7) is 7.17. The van der Waals surface area contributed by atoms with Gasteiger partial charge in [0.25, 0.3) is 5.91 Å². The summed E-state index contributed by atoms with van der Waals surface area (Å²) >= 11 is 0. The number of methoxy groups -OCH3 is 1. The van der Waals surface area contributed by atoms with Crippen molar-refractivity contribution in [1.29, 1.82) is 0 Å². The second-order valence-corrected chi connectivity index (χ2v) is 10.4. The van der Waals surface area contributed by atoms with Crippen molar-refractivity contribution in [3.05, 3.63) is 77.6 Å². The first-order valence-corrected chi connectivity index (χ1v) is 14.1. The van der Waals surface area contributed by atoms with Gasteiger partial charge < -0.3 is 19.4 Å². The summed E-state index contributed by atoms with van der Waals surface area (Å²) in [4.78, 5) is 44.0. The average Bonchev–Trinajstić information content (AvgIpc) is 3.48. The Morgan fingerprint density at radius 1 is 0.875 bits per heavy atom. The molecular formula is C31H38N6O3. The molecule has 3 aromatic rings. The quantitative estimate of drug-likeness (QED) is 0.482. The summed E-state index contributed by atoms with van der Waals surface area (Å²) in [5, 5.41) is 0. The lowest BCUT2D eigenvalue weighted by molar-refractivity contribution is -0.116. The van der Waals surface area contributed by atoms with Crippen LogP contribution in [-0.4, -0.2) is 78.0 Å². The van der Waals surface area contributed by atoms with Gasteiger partial charge in [-0.2, -0.15) is 0 Å². The number of rotatable bonds is 5. The van der Waals surface area contributed by atoms with Crippen LogP contribution in [0.4, 0.5) is 11.6 Å². The second-order valence-electron chi connectivity index (χ2n) is 10.4. The van der Waals surface area contributed by atoms with Gasteiger partial charge in [0, 0.05) is 75.4 Å². The molecule has 2 amide bonds. The molecule has 0 unspecified atom stereocenters. The summed E-state index contributed by atoms with van der Waals surface area (Å²) in [5.41, 5.74) is 3.45. The van der Waals surface area contributed by atoms with Crippen LogP contribution in [0.15, 0.2) is 60.9 Å². The van der Waals surface area contributed by atoms with Crippen molar-refractivity contribution in [2.24, 2.45) is 0 Å². The Morgan fingerprint density at radius 2 is 1.65 bits per heavy atom. The minimum Gasteiger partial charge on any atom is -0.496 e. The minimum absolute atomic E-state index is 0.0196. The number of para-hydroxylation sites is 1. The molecule has 5 rings (SSSR count). The first kappa shape index (κ1) is 27.6. The van der Waals surface area contributed by atoms with E-state index >= 15 is 0 Å². The Labute approximate surface area is 236 Å². The van der Waals surface area contributed by atoms with E-state index in [2.05, 4.69) is 19.8 Å². The van der Waals surface area contributed by atoms with E-state index in [1.54, 1.807) is 32.5 Å². The van der Waals surface area contributed by atoms with E-state index in [4.69, 9.17) is 4.74 Å². The van der Waals surface area contributed by atoms with Crippen molar-refractivity contribution in [2.45, 2.75) is 39.3 Å². The smallest absolute Gasteiger partial charge is 0.254 e. The third-order valence-corrected chi connectivity index (χ3v) is 7.72. The van der Waals surface area contributed by atoms with Gasteiger partial charge in [-0.1, -0.05) is 18.2 Å². The van der Waals surface area contributed by atoms with Crippen molar-refractivity contribution in [3.63, 3.8) is 0 Å². The molecular weight excluding hydrogens is 504 g/mol. The maximum atomic E-state index is 14.1. The van der Waals surface area contributed by atoms with Crippen molar-refractivity contribution < 1.29 is 14.3 Å². The van der Waals surface area contributed by atoms with Crippen LogP contribution in [0.25, 0.3) is 0 Å². The van der Waals surface area contributed by atoms with Gasteiger partial charge in [0.2, 0.25) is 11.9 Å². The first-order valence-electron chi connectivity index (χ1n) is 14.1. The molecule has 2 aliphatic heterocycles. The predicted molar refractivity (Wildman–Crippen MR) is 156 cm³/mol. The van der Waals surface area contributed by atoms with Gasteiger partial charge in [0.1, 0.15) is 5.75 Å². The lowest BCUT2D eigenvalue weighted by Crippen LogP contribution is -2.39. The highest BCUT2D eigenvalue weighted by molar-refractivity contribution is 5.95. The van der Waals surface area contributed by atoms with Crippen molar-refractivity contribution in [1.82, 2.24) is 19.8 Å². The van der Waals surface area contributed by atoms with Crippen molar-refractivity contribution >= 4 is 23.5 Å². The molecule has 2 aliphatic rings. The number of fused-ring (bicyclic) bond motifs is 1. The number of amides is 2. The number of carbonyl (C=O) groups excluding carboxylic acids is 2. The van der Waals surface area contributed by atoms with Gasteiger partial charge in [-0.05, 0) is 68.2 Å². The Kier molecular flexibility index (Phi) is 8.91. The number of ether oxygens (including phenoxy) is 1. The first-order chi connectivity index (χ1) is 19.5. The molecule has 3 heterocycles. The Morgan fingerprint density at radius 3 is 2.40 bits per heavy atom. The summed E-state index contributed by atoms with van der Waals surface area (Å²) in [6, 6.07) is 15.4. The zero-order valence-electron chi connectivity index (χ0n) is 23.5. The molecule has 1 fully saturated rings. The third-order valence-electron chi connectivity index (χ3n) is 7.72. The molecule has 0 N–H and O–H groups in total. The zero-order valence-corrected chi connectivity index (χ0v) is 23.5. The Hall–Kier alpha value is -3.98. The number of anilines is 2. The average molecular weight is 543 g/mol. The highest BCUT2D eigenvalue weighted by atomic mass is 16.5. The molecule has 2 aromatic carbocycles. The summed E-state index contributed by atoms with van der Waals surface area (Å²) in [6.07, 6.45) is 6.61. The number of likely N-dealkylation sites (tertiary alicyclic amines) is 1. The van der Waals surface area contributed by atoms with Crippen LogP contribution >= 0.6 is 0 Å². The monoisotopic (exact) mass is 542 g/mol. The summed E-state index contributed by atoms with van der Waals surface area (Å²) in [7, 11) is 1.68. The number of nitrogens with zero attached hydrogens (tertiary/aromatic N) is 6. The van der Waals surface area contributed by atoms with Crippen LogP contribution in [0, 0.1) is 0 Å². The molecule has 1 aromatic heterocycles. The van der Waals surface area contributed by atoms with Gasteiger partial charge in [-0.15, -0.1) is 0 Å². The van der Waals surface area contributed by atoms with Gasteiger partial charge in [-0.25, -0.2) is 9.97 Å². The highest BCUT2D eigenvalue weighted by Gasteiger charge is 2.25. The van der Waals surface area contributed by atoms with Crippen molar-refractivity contribution in [2.75, 3.05) is 56.2 Å². The normalized spacial score (nSPS) is 16.8. The molecule has 0 saturated carbocycles. The van der Waals surface area contributed by atoms with Crippen LogP contribution in [0.5, 0.6) is 5.75 Å². The Balaban J connectivity index is 1.48. The predicted octanol–water partition coefficient (Wildman–Crippen LogP) is 3.99. The molecule has 1 saturated heterocycles. The van der Waals surface area contributed by atoms with Gasteiger partial charge >= 0.3 is 0 Å². The zero-order chi connectivity index (χ0) is 27.9. The van der Waals surface area contributed by atoms with E-state index in [9.17, 15) is 9.59 Å². The lowest BCUT2D eigenvalue weighted by atomic mass is 10.1. The van der Waals surface area contributed by atoms with Crippen LogP contribution in [-0.2, 0) is 17.9 Å².